The Morgan fingerprint density at radius 3 is 1.13 bits per heavy atom. The fourth-order valence-electron chi connectivity index (χ4n) is 7.53. The van der Waals surface area contributed by atoms with E-state index in [1.54, 1.807) is 0 Å². The van der Waals surface area contributed by atoms with Gasteiger partial charge in [0.05, 0.1) is 18.8 Å². The smallest absolute Gasteiger partial charge is 0.220 e. The minimum atomic E-state index is -1.16. The first-order valence-corrected chi connectivity index (χ1v) is 24.1. The van der Waals surface area contributed by atoms with Crippen molar-refractivity contribution < 1.29 is 20.1 Å². The molecule has 3 atom stereocenters. The second-order valence-electron chi connectivity index (χ2n) is 16.7. The van der Waals surface area contributed by atoms with Crippen LogP contribution in [-0.4, -0.2) is 46.1 Å². The van der Waals surface area contributed by atoms with Crippen LogP contribution >= 0.6 is 0 Å². The molecule has 0 saturated carbocycles. The summed E-state index contributed by atoms with van der Waals surface area (Å²) in [6.07, 6.45) is 54.4. The maximum atomic E-state index is 12.4. The summed E-state index contributed by atoms with van der Waals surface area (Å²) in [6, 6.07) is -0.829. The molecule has 0 radical (unpaired) electrons. The predicted octanol–water partition coefficient (Wildman–Crippen LogP) is 14.2. The first kappa shape index (κ1) is 52.8. The maximum Gasteiger partial charge on any atom is 0.220 e. The van der Waals surface area contributed by atoms with Crippen LogP contribution in [-0.2, 0) is 4.79 Å². The largest absolute Gasteiger partial charge is 0.394 e. The number of aliphatic hydroxyl groups is 3. The van der Waals surface area contributed by atoms with E-state index in [2.05, 4.69) is 43.5 Å². The summed E-state index contributed by atoms with van der Waals surface area (Å²) < 4.78 is 0. The number of allylic oxidation sites excluding steroid dienone is 4. The summed E-state index contributed by atoms with van der Waals surface area (Å²) in [7, 11) is 0. The van der Waals surface area contributed by atoms with Crippen LogP contribution < -0.4 is 5.32 Å². The Morgan fingerprint density at radius 1 is 0.444 bits per heavy atom. The monoisotopic (exact) mass is 762 g/mol. The maximum absolute atomic E-state index is 12.4. The Morgan fingerprint density at radius 2 is 0.759 bits per heavy atom. The highest BCUT2D eigenvalue weighted by Crippen LogP contribution is 2.16. The van der Waals surface area contributed by atoms with Crippen molar-refractivity contribution in [3.63, 3.8) is 0 Å². The topological polar surface area (TPSA) is 89.8 Å². The van der Waals surface area contributed by atoms with E-state index in [4.69, 9.17) is 0 Å². The van der Waals surface area contributed by atoms with Gasteiger partial charge in [-0.25, -0.2) is 0 Å². The van der Waals surface area contributed by atoms with Crippen molar-refractivity contribution in [1.82, 2.24) is 5.32 Å². The van der Waals surface area contributed by atoms with Crippen LogP contribution in [0.2, 0.25) is 0 Å². The number of nitrogens with one attached hydrogen (secondary N) is 1. The molecule has 0 heterocycles. The molecule has 54 heavy (non-hydrogen) atoms. The zero-order valence-corrected chi connectivity index (χ0v) is 36.4. The Labute approximate surface area is 337 Å². The standard InChI is InChI=1S/C49H95NO4/c1-3-5-7-9-11-13-15-17-19-21-23-24-26-27-29-31-33-35-37-39-41-43-47(52)49(54)46(45-51)50-48(53)44-42-40-38-36-34-32-30-28-25-22-20-18-16-14-12-10-8-6-4-2/h27,29,35,37,46-47,49,51-52,54H,3-26,28,30-34,36,38-45H2,1-2H3,(H,50,53)/b29-27+,37-35+. The van der Waals surface area contributed by atoms with Gasteiger partial charge in [0.25, 0.3) is 0 Å². The number of carbonyl (C=O) groups excluding carboxylic acids is 1. The van der Waals surface area contributed by atoms with Gasteiger partial charge in [-0.05, 0) is 51.4 Å². The van der Waals surface area contributed by atoms with Crippen LogP contribution in [0.5, 0.6) is 0 Å². The van der Waals surface area contributed by atoms with Crippen LogP contribution in [0.3, 0.4) is 0 Å². The Bertz CT molecular complexity index is 799. The van der Waals surface area contributed by atoms with Crippen LogP contribution in [0, 0.1) is 0 Å². The van der Waals surface area contributed by atoms with Gasteiger partial charge >= 0.3 is 0 Å². The van der Waals surface area contributed by atoms with Gasteiger partial charge in [-0.2, -0.15) is 0 Å². The number of hydrogen-bond acceptors (Lipinski definition) is 4. The lowest BCUT2D eigenvalue weighted by Crippen LogP contribution is -2.50. The molecule has 0 aliphatic carbocycles. The summed E-state index contributed by atoms with van der Waals surface area (Å²) in [5.74, 6) is -0.154. The molecule has 0 aliphatic rings. The molecular formula is C49H95NO4. The Hall–Kier alpha value is -1.17. The molecule has 0 aliphatic heterocycles. The average Bonchev–Trinajstić information content (AvgIpc) is 3.18. The molecule has 0 spiro atoms. The highest BCUT2D eigenvalue weighted by Gasteiger charge is 2.26. The summed E-state index contributed by atoms with van der Waals surface area (Å²) in [4.78, 5) is 12.4. The molecule has 4 N–H and O–H groups in total. The fourth-order valence-corrected chi connectivity index (χ4v) is 7.53. The van der Waals surface area contributed by atoms with E-state index >= 15 is 0 Å². The lowest BCUT2D eigenvalue weighted by Gasteiger charge is -2.26. The molecule has 0 bridgehead atoms. The summed E-state index contributed by atoms with van der Waals surface area (Å²) in [5.41, 5.74) is 0. The van der Waals surface area contributed by atoms with Gasteiger partial charge in [0, 0.05) is 6.42 Å². The van der Waals surface area contributed by atoms with E-state index in [0.29, 0.717) is 12.8 Å². The Balaban J connectivity index is 3.64. The summed E-state index contributed by atoms with van der Waals surface area (Å²) in [6.45, 7) is 4.19. The van der Waals surface area contributed by atoms with Gasteiger partial charge in [0.1, 0.15) is 6.10 Å². The van der Waals surface area contributed by atoms with Gasteiger partial charge in [0.2, 0.25) is 5.91 Å². The average molecular weight is 762 g/mol. The minimum absolute atomic E-state index is 0.154. The molecule has 0 fully saturated rings. The number of carbonyl (C=O) groups is 1. The number of aliphatic hydroxyl groups excluding tert-OH is 3. The van der Waals surface area contributed by atoms with Crippen LogP contribution in [0.15, 0.2) is 24.3 Å². The SMILES string of the molecule is CCCCCCCCCCCCCC/C=C/CC/C=C/CCCC(O)C(O)C(CO)NC(=O)CCCCCCCCCCCCCCCCCCCCC. The third-order valence-electron chi connectivity index (χ3n) is 11.3. The molecule has 1 amide bonds. The normalized spacial score (nSPS) is 13.6. The van der Waals surface area contributed by atoms with Gasteiger partial charge < -0.3 is 20.6 Å². The number of unbranched alkanes of at least 4 members (excludes halogenated alkanes) is 32. The highest BCUT2D eigenvalue weighted by molar-refractivity contribution is 5.76. The van der Waals surface area contributed by atoms with Crippen molar-refractivity contribution in [2.75, 3.05) is 6.61 Å². The zero-order valence-electron chi connectivity index (χ0n) is 36.4. The molecule has 5 heteroatoms. The van der Waals surface area contributed by atoms with Gasteiger partial charge in [-0.15, -0.1) is 0 Å². The highest BCUT2D eigenvalue weighted by atomic mass is 16.3. The second-order valence-corrected chi connectivity index (χ2v) is 16.7. The van der Waals surface area contributed by atoms with Crippen molar-refractivity contribution in [3.8, 4) is 0 Å². The molecule has 0 aromatic heterocycles. The fraction of sp³-hybridized carbons (Fsp3) is 0.898. The van der Waals surface area contributed by atoms with Crippen LogP contribution in [0.25, 0.3) is 0 Å². The van der Waals surface area contributed by atoms with E-state index in [9.17, 15) is 20.1 Å². The minimum Gasteiger partial charge on any atom is -0.394 e. The second kappa shape index (κ2) is 44.5. The third kappa shape index (κ3) is 39.1. The lowest BCUT2D eigenvalue weighted by atomic mass is 10.0. The van der Waals surface area contributed by atoms with E-state index in [0.717, 1.165) is 44.9 Å². The molecule has 0 aromatic rings. The predicted molar refractivity (Wildman–Crippen MR) is 236 cm³/mol. The van der Waals surface area contributed by atoms with E-state index in [-0.39, 0.29) is 12.5 Å². The van der Waals surface area contributed by atoms with Crippen molar-refractivity contribution in [2.24, 2.45) is 0 Å². The van der Waals surface area contributed by atoms with Crippen molar-refractivity contribution in [2.45, 2.75) is 276 Å². The van der Waals surface area contributed by atoms with E-state index in [1.165, 1.54) is 186 Å². The zero-order chi connectivity index (χ0) is 39.4. The Kier molecular flexibility index (Phi) is 43.6. The molecular weight excluding hydrogens is 667 g/mol. The number of amides is 1. The van der Waals surface area contributed by atoms with E-state index in [1.807, 2.05) is 0 Å². The van der Waals surface area contributed by atoms with Crippen LogP contribution in [0.4, 0.5) is 0 Å². The molecule has 0 aromatic carbocycles. The molecule has 0 rings (SSSR count). The van der Waals surface area contributed by atoms with Gasteiger partial charge in [-0.1, -0.05) is 224 Å². The van der Waals surface area contributed by atoms with Crippen molar-refractivity contribution >= 4 is 5.91 Å². The number of rotatable bonds is 44. The van der Waals surface area contributed by atoms with E-state index < -0.39 is 18.2 Å². The molecule has 320 valence electrons. The van der Waals surface area contributed by atoms with Crippen LogP contribution in [0.1, 0.15) is 258 Å². The quantitative estimate of drug-likeness (QED) is 0.0368. The molecule has 0 saturated heterocycles. The summed E-state index contributed by atoms with van der Waals surface area (Å²) in [5, 5.41) is 33.6. The first-order chi connectivity index (χ1) is 26.6. The van der Waals surface area contributed by atoms with Crippen molar-refractivity contribution in [3.05, 3.63) is 24.3 Å². The van der Waals surface area contributed by atoms with Gasteiger partial charge in [0.15, 0.2) is 0 Å². The summed E-state index contributed by atoms with van der Waals surface area (Å²) >= 11 is 0. The molecule has 3 unspecified atom stereocenters. The first-order valence-electron chi connectivity index (χ1n) is 24.1. The third-order valence-corrected chi connectivity index (χ3v) is 11.3. The number of hydrogen-bond donors (Lipinski definition) is 4. The van der Waals surface area contributed by atoms with Crippen molar-refractivity contribution in [1.29, 1.82) is 0 Å². The lowest BCUT2D eigenvalue weighted by molar-refractivity contribution is -0.124. The molecule has 5 nitrogen and oxygen atoms in total. The van der Waals surface area contributed by atoms with Gasteiger partial charge in [-0.3, -0.25) is 4.79 Å².